The van der Waals surface area contributed by atoms with E-state index in [1.54, 1.807) is 7.05 Å². The van der Waals surface area contributed by atoms with E-state index in [2.05, 4.69) is 27.8 Å². The summed E-state index contributed by atoms with van der Waals surface area (Å²) in [4.78, 5) is 42.0. The number of imidazole rings is 1. The summed E-state index contributed by atoms with van der Waals surface area (Å²) in [6, 6.07) is 6.19. The van der Waals surface area contributed by atoms with Crippen molar-refractivity contribution < 1.29 is 4.79 Å². The van der Waals surface area contributed by atoms with Crippen LogP contribution in [0.3, 0.4) is 0 Å². The van der Waals surface area contributed by atoms with E-state index in [9.17, 15) is 14.4 Å². The van der Waals surface area contributed by atoms with Crippen LogP contribution in [-0.2, 0) is 25.4 Å². The minimum absolute atomic E-state index is 0.00875. The van der Waals surface area contributed by atoms with Crippen molar-refractivity contribution >= 4 is 23.0 Å². The predicted octanol–water partition coefficient (Wildman–Crippen LogP) is 1.67. The molecule has 3 aromatic rings. The number of amides is 1. The lowest BCUT2D eigenvalue weighted by molar-refractivity contribution is -0.124. The van der Waals surface area contributed by atoms with Gasteiger partial charge in [-0.2, -0.15) is 4.98 Å². The molecule has 0 spiro atoms. The van der Waals surface area contributed by atoms with Crippen LogP contribution >= 0.6 is 0 Å². The van der Waals surface area contributed by atoms with Crippen LogP contribution in [0, 0.1) is 19.8 Å². The maximum absolute atomic E-state index is 13.0. The van der Waals surface area contributed by atoms with Gasteiger partial charge in [-0.15, -0.1) is 0 Å². The third-order valence-corrected chi connectivity index (χ3v) is 5.95. The molecule has 172 valence electrons. The number of hydrogen-bond acceptors (Lipinski definition) is 5. The first-order valence-electron chi connectivity index (χ1n) is 10.9. The van der Waals surface area contributed by atoms with E-state index in [0.29, 0.717) is 36.7 Å². The molecule has 9 nitrogen and oxygen atoms in total. The summed E-state index contributed by atoms with van der Waals surface area (Å²) in [5, 5.41) is 6.14. The van der Waals surface area contributed by atoms with E-state index < -0.39 is 5.69 Å². The van der Waals surface area contributed by atoms with Crippen molar-refractivity contribution in [3.05, 3.63) is 55.7 Å². The number of fused-ring (bicyclic) bond motifs is 1. The van der Waals surface area contributed by atoms with Gasteiger partial charge < -0.3 is 10.6 Å². The number of benzene rings is 1. The van der Waals surface area contributed by atoms with Crippen molar-refractivity contribution in [3.8, 4) is 0 Å². The second-order valence-electron chi connectivity index (χ2n) is 8.36. The molecule has 0 bridgehead atoms. The highest BCUT2D eigenvalue weighted by atomic mass is 16.2. The summed E-state index contributed by atoms with van der Waals surface area (Å²) in [6.07, 6.45) is 0.780. The Morgan fingerprint density at radius 3 is 2.53 bits per heavy atom. The topological polar surface area (TPSA) is 103 Å². The van der Waals surface area contributed by atoms with E-state index in [4.69, 9.17) is 0 Å². The zero-order valence-corrected chi connectivity index (χ0v) is 19.7. The zero-order valence-electron chi connectivity index (χ0n) is 19.7. The van der Waals surface area contributed by atoms with Crippen molar-refractivity contribution in [2.45, 2.75) is 40.7 Å². The predicted molar refractivity (Wildman–Crippen MR) is 126 cm³/mol. The molecule has 0 radical (unpaired) electrons. The van der Waals surface area contributed by atoms with Gasteiger partial charge in [0.2, 0.25) is 11.9 Å². The fourth-order valence-corrected chi connectivity index (χ4v) is 3.60. The summed E-state index contributed by atoms with van der Waals surface area (Å²) < 4.78 is 4.29. The summed E-state index contributed by atoms with van der Waals surface area (Å²) >= 11 is 0. The third kappa shape index (κ3) is 4.46. The first-order valence-corrected chi connectivity index (χ1v) is 10.9. The molecule has 0 aliphatic heterocycles. The molecule has 3 rings (SSSR count). The van der Waals surface area contributed by atoms with E-state index in [0.717, 1.165) is 27.7 Å². The molecule has 2 aromatic heterocycles. The second-order valence-corrected chi connectivity index (χ2v) is 8.36. The number of carbonyl (C=O) groups excluding carboxylic acids is 1. The van der Waals surface area contributed by atoms with E-state index >= 15 is 0 Å². The Morgan fingerprint density at radius 1 is 1.12 bits per heavy atom. The number of anilines is 1. The fourth-order valence-electron chi connectivity index (χ4n) is 3.60. The Hall–Kier alpha value is -3.36. The first kappa shape index (κ1) is 23.3. The van der Waals surface area contributed by atoms with Crippen LogP contribution < -0.4 is 21.9 Å². The summed E-state index contributed by atoms with van der Waals surface area (Å²) in [5.74, 6) is 0.452. The standard InChI is InChI=1S/C23H32N6O3/c1-7-15(3)20(30)24-10-11-25-22-26-19-18(21(31)28(6)23(32)27(19)5)29(22)13-17-12-14(2)8-9-16(17)4/h8-9,12,15H,7,10-11,13H2,1-6H3,(H,24,30)(H,25,26)/t15-/m0/s1. The minimum atomic E-state index is -0.425. The number of carbonyl (C=O) groups is 1. The Balaban J connectivity index is 2.00. The second kappa shape index (κ2) is 9.42. The van der Waals surface area contributed by atoms with Gasteiger partial charge in [0.1, 0.15) is 0 Å². The van der Waals surface area contributed by atoms with Crippen molar-refractivity contribution in [1.29, 1.82) is 0 Å². The van der Waals surface area contributed by atoms with Crippen LogP contribution in [0.4, 0.5) is 5.95 Å². The monoisotopic (exact) mass is 440 g/mol. The smallest absolute Gasteiger partial charge is 0.332 e. The molecule has 0 unspecified atom stereocenters. The van der Waals surface area contributed by atoms with E-state index in [-0.39, 0.29) is 17.4 Å². The molecule has 32 heavy (non-hydrogen) atoms. The van der Waals surface area contributed by atoms with Gasteiger partial charge in [-0.05, 0) is 31.4 Å². The lowest BCUT2D eigenvalue weighted by Crippen LogP contribution is -2.37. The Labute approximate surface area is 187 Å². The van der Waals surface area contributed by atoms with Gasteiger partial charge in [0.15, 0.2) is 11.2 Å². The van der Waals surface area contributed by atoms with Crippen molar-refractivity contribution in [1.82, 2.24) is 24.0 Å². The minimum Gasteiger partial charge on any atom is -0.354 e. The fraction of sp³-hybridized carbons (Fsp3) is 0.478. The molecule has 0 saturated carbocycles. The first-order chi connectivity index (χ1) is 15.1. The van der Waals surface area contributed by atoms with Crippen LogP contribution in [0.25, 0.3) is 11.2 Å². The highest BCUT2D eigenvalue weighted by Crippen LogP contribution is 2.20. The van der Waals surface area contributed by atoms with Crippen LogP contribution in [0.1, 0.15) is 37.0 Å². The molecule has 0 saturated heterocycles. The van der Waals surface area contributed by atoms with Crippen molar-refractivity contribution in [2.24, 2.45) is 20.0 Å². The largest absolute Gasteiger partial charge is 0.354 e. The molecular weight excluding hydrogens is 408 g/mol. The Bertz CT molecular complexity index is 1270. The number of hydrogen-bond donors (Lipinski definition) is 2. The van der Waals surface area contributed by atoms with Crippen LogP contribution in [0.2, 0.25) is 0 Å². The van der Waals surface area contributed by atoms with Crippen LogP contribution in [0.15, 0.2) is 27.8 Å². The molecule has 9 heteroatoms. The molecular formula is C23H32N6O3. The third-order valence-electron chi connectivity index (χ3n) is 5.95. The maximum atomic E-state index is 13.0. The number of nitrogens with zero attached hydrogens (tertiary/aromatic N) is 4. The summed E-state index contributed by atoms with van der Waals surface area (Å²) in [6.45, 7) is 9.21. The van der Waals surface area contributed by atoms with Gasteiger partial charge >= 0.3 is 5.69 Å². The Kier molecular flexibility index (Phi) is 6.86. The SMILES string of the molecule is CC[C@H](C)C(=O)NCCNc1nc2c(c(=O)n(C)c(=O)n2C)n1Cc1cc(C)ccc1C. The number of aryl methyl sites for hydroxylation is 3. The van der Waals surface area contributed by atoms with Crippen molar-refractivity contribution in [2.75, 3.05) is 18.4 Å². The molecule has 1 amide bonds. The maximum Gasteiger partial charge on any atom is 0.332 e. The molecule has 0 aliphatic rings. The normalized spacial score (nSPS) is 12.2. The van der Waals surface area contributed by atoms with Gasteiger partial charge in [0.05, 0.1) is 6.54 Å². The molecule has 2 heterocycles. The highest BCUT2D eigenvalue weighted by molar-refractivity contribution is 5.78. The number of aromatic nitrogens is 4. The molecule has 2 N–H and O–H groups in total. The zero-order chi connectivity index (χ0) is 23.6. The van der Waals surface area contributed by atoms with Crippen LogP contribution in [-0.4, -0.2) is 37.7 Å². The van der Waals surface area contributed by atoms with Gasteiger partial charge in [-0.1, -0.05) is 37.6 Å². The lowest BCUT2D eigenvalue weighted by atomic mass is 10.1. The molecule has 1 atom stereocenters. The average molecular weight is 441 g/mol. The summed E-state index contributed by atoms with van der Waals surface area (Å²) in [7, 11) is 3.08. The highest BCUT2D eigenvalue weighted by Gasteiger charge is 2.20. The lowest BCUT2D eigenvalue weighted by Gasteiger charge is -2.14. The van der Waals surface area contributed by atoms with Crippen molar-refractivity contribution in [3.63, 3.8) is 0 Å². The number of rotatable bonds is 8. The van der Waals surface area contributed by atoms with Crippen LogP contribution in [0.5, 0.6) is 0 Å². The molecule has 0 aliphatic carbocycles. The number of nitrogens with one attached hydrogen (secondary N) is 2. The van der Waals surface area contributed by atoms with Gasteiger partial charge in [-0.3, -0.25) is 23.3 Å². The van der Waals surface area contributed by atoms with E-state index in [1.165, 1.54) is 11.6 Å². The van der Waals surface area contributed by atoms with Gasteiger partial charge in [-0.25, -0.2) is 4.79 Å². The molecule has 1 aromatic carbocycles. The quantitative estimate of drug-likeness (QED) is 0.519. The Morgan fingerprint density at radius 2 is 1.84 bits per heavy atom. The van der Waals surface area contributed by atoms with E-state index in [1.807, 2.05) is 38.3 Å². The van der Waals surface area contributed by atoms with Gasteiger partial charge in [0, 0.05) is 33.1 Å². The average Bonchev–Trinajstić information content (AvgIpc) is 3.13. The van der Waals surface area contributed by atoms with Gasteiger partial charge in [0.25, 0.3) is 5.56 Å². The molecule has 0 fully saturated rings. The summed E-state index contributed by atoms with van der Waals surface area (Å²) in [5.41, 5.74) is 3.17.